The maximum Gasteiger partial charge on any atom is 0.343 e. The number of carbonyl (C=O) groups excluding carboxylic acids is 2. The third kappa shape index (κ3) is 2.99. The average molecular weight is 371 g/mol. The number of halogens is 1. The van der Waals surface area contributed by atoms with Crippen LogP contribution in [-0.4, -0.2) is 36.8 Å². The summed E-state index contributed by atoms with van der Waals surface area (Å²) >= 11 is 6.20. The first kappa shape index (κ1) is 18.1. The molecule has 3 rings (SSSR count). The summed E-state index contributed by atoms with van der Waals surface area (Å²) in [5.41, 5.74) is 0.954. The lowest BCUT2D eigenvalue weighted by Gasteiger charge is -2.26. The number of benzene rings is 2. The third-order valence-electron chi connectivity index (χ3n) is 4.35. The molecule has 1 aliphatic heterocycles. The van der Waals surface area contributed by atoms with E-state index in [0.29, 0.717) is 22.0 Å². The number of rotatable bonds is 3. The highest BCUT2D eigenvalue weighted by Gasteiger charge is 2.47. The monoisotopic (exact) mass is 370 g/mol. The van der Waals surface area contributed by atoms with Crippen LogP contribution in [0.3, 0.4) is 0 Å². The lowest BCUT2D eigenvalue weighted by atomic mass is 9.99. The predicted molar refractivity (Wildman–Crippen MR) is 102 cm³/mol. The standard InChI is InChI=1S/C20H19ClN2O3/c1-4-26-19(25)20(2)18(24)23(3)16-11-10-14(21)12-15(16)17(22-20)13-8-6-5-7-9-13/h5-12H,4H2,1-3H3/t20-/m1/s1. The second kappa shape index (κ2) is 6.92. The van der Waals surface area contributed by atoms with Crippen molar-refractivity contribution in [2.45, 2.75) is 19.4 Å². The predicted octanol–water partition coefficient (Wildman–Crippen LogP) is 3.48. The zero-order valence-electron chi connectivity index (χ0n) is 14.8. The van der Waals surface area contributed by atoms with Crippen LogP contribution in [0.15, 0.2) is 53.5 Å². The van der Waals surface area contributed by atoms with Crippen LogP contribution in [0.25, 0.3) is 0 Å². The van der Waals surface area contributed by atoms with Crippen LogP contribution in [0.2, 0.25) is 5.02 Å². The number of amides is 1. The SMILES string of the molecule is CCOC(=O)[C@]1(C)N=C(c2ccccc2)c2cc(Cl)ccc2N(C)C1=O. The lowest BCUT2D eigenvalue weighted by Crippen LogP contribution is -2.50. The van der Waals surface area contributed by atoms with E-state index in [1.54, 1.807) is 32.2 Å². The number of benzodiazepines with no additional fused rings is 1. The minimum Gasteiger partial charge on any atom is -0.464 e. The first-order chi connectivity index (χ1) is 12.4. The minimum absolute atomic E-state index is 0.167. The Kier molecular flexibility index (Phi) is 4.83. The molecule has 0 aromatic heterocycles. The summed E-state index contributed by atoms with van der Waals surface area (Å²) < 4.78 is 5.15. The summed E-state index contributed by atoms with van der Waals surface area (Å²) in [6.07, 6.45) is 0. The van der Waals surface area contributed by atoms with Crippen LogP contribution < -0.4 is 4.90 Å². The number of likely N-dealkylation sites (N-methyl/N-ethyl adjacent to an activating group) is 1. The number of fused-ring (bicyclic) bond motifs is 1. The summed E-state index contributed by atoms with van der Waals surface area (Å²) in [5, 5.41) is 0.521. The van der Waals surface area contributed by atoms with E-state index < -0.39 is 17.4 Å². The van der Waals surface area contributed by atoms with Crippen molar-refractivity contribution in [3.05, 3.63) is 64.7 Å². The van der Waals surface area contributed by atoms with E-state index in [1.165, 1.54) is 11.8 Å². The first-order valence-corrected chi connectivity index (χ1v) is 8.67. The Morgan fingerprint density at radius 3 is 2.58 bits per heavy atom. The maximum absolute atomic E-state index is 13.1. The Bertz CT molecular complexity index is 895. The van der Waals surface area contributed by atoms with Crippen molar-refractivity contribution < 1.29 is 14.3 Å². The molecular weight excluding hydrogens is 352 g/mol. The molecule has 0 saturated heterocycles. The van der Waals surface area contributed by atoms with Crippen molar-refractivity contribution in [2.75, 3.05) is 18.6 Å². The highest BCUT2D eigenvalue weighted by atomic mass is 35.5. The molecule has 134 valence electrons. The summed E-state index contributed by atoms with van der Waals surface area (Å²) in [7, 11) is 1.62. The van der Waals surface area contributed by atoms with Gasteiger partial charge in [0.15, 0.2) is 0 Å². The zero-order valence-corrected chi connectivity index (χ0v) is 15.6. The van der Waals surface area contributed by atoms with Gasteiger partial charge in [0, 0.05) is 23.2 Å². The zero-order chi connectivity index (χ0) is 18.9. The molecule has 5 nitrogen and oxygen atoms in total. The summed E-state index contributed by atoms with van der Waals surface area (Å²) in [5.74, 6) is -1.13. The first-order valence-electron chi connectivity index (χ1n) is 8.29. The van der Waals surface area contributed by atoms with Crippen LogP contribution in [0.5, 0.6) is 0 Å². The number of ether oxygens (including phenoxy) is 1. The molecule has 0 radical (unpaired) electrons. The Labute approximate surface area is 157 Å². The number of carbonyl (C=O) groups is 2. The van der Waals surface area contributed by atoms with Gasteiger partial charge in [0.05, 0.1) is 18.0 Å². The fraction of sp³-hybridized carbons (Fsp3) is 0.250. The van der Waals surface area contributed by atoms with Gasteiger partial charge in [-0.15, -0.1) is 0 Å². The van der Waals surface area contributed by atoms with Crippen molar-refractivity contribution >= 4 is 34.9 Å². The lowest BCUT2D eigenvalue weighted by molar-refractivity contribution is -0.152. The van der Waals surface area contributed by atoms with Crippen molar-refractivity contribution in [1.29, 1.82) is 0 Å². The molecule has 2 aromatic rings. The largest absolute Gasteiger partial charge is 0.464 e. The molecule has 1 heterocycles. The molecule has 0 unspecified atom stereocenters. The topological polar surface area (TPSA) is 59.0 Å². The fourth-order valence-corrected chi connectivity index (χ4v) is 3.15. The van der Waals surface area contributed by atoms with Crippen LogP contribution in [0.4, 0.5) is 5.69 Å². The minimum atomic E-state index is -1.68. The average Bonchev–Trinajstić information content (AvgIpc) is 2.72. The van der Waals surface area contributed by atoms with Crippen molar-refractivity contribution in [3.8, 4) is 0 Å². The number of nitrogens with zero attached hydrogens (tertiary/aromatic N) is 2. The molecule has 0 N–H and O–H groups in total. The van der Waals surface area contributed by atoms with Gasteiger partial charge in [-0.3, -0.25) is 9.79 Å². The number of anilines is 1. The number of hydrogen-bond acceptors (Lipinski definition) is 4. The molecule has 6 heteroatoms. The summed E-state index contributed by atoms with van der Waals surface area (Å²) in [6.45, 7) is 3.35. The third-order valence-corrected chi connectivity index (χ3v) is 4.59. The van der Waals surface area contributed by atoms with E-state index in [9.17, 15) is 9.59 Å². The van der Waals surface area contributed by atoms with Gasteiger partial charge < -0.3 is 9.64 Å². The van der Waals surface area contributed by atoms with Gasteiger partial charge in [0.25, 0.3) is 5.91 Å². The van der Waals surface area contributed by atoms with E-state index in [0.717, 1.165) is 5.56 Å². The molecule has 0 saturated carbocycles. The Hall–Kier alpha value is -2.66. The molecule has 0 spiro atoms. The van der Waals surface area contributed by atoms with Gasteiger partial charge >= 0.3 is 5.97 Å². The van der Waals surface area contributed by atoms with Gasteiger partial charge in [0.1, 0.15) is 0 Å². The number of hydrogen-bond donors (Lipinski definition) is 0. The van der Waals surface area contributed by atoms with E-state index in [4.69, 9.17) is 16.3 Å². The Morgan fingerprint density at radius 1 is 1.23 bits per heavy atom. The molecule has 1 aliphatic rings. The van der Waals surface area contributed by atoms with E-state index >= 15 is 0 Å². The molecule has 1 atom stereocenters. The van der Waals surface area contributed by atoms with Crippen LogP contribution >= 0.6 is 11.6 Å². The molecular formula is C20H19ClN2O3. The highest BCUT2D eigenvalue weighted by molar-refractivity contribution is 6.32. The van der Waals surface area contributed by atoms with Gasteiger partial charge in [0.2, 0.25) is 5.54 Å². The van der Waals surface area contributed by atoms with Gasteiger partial charge in [-0.05, 0) is 32.0 Å². The molecule has 0 aliphatic carbocycles. The van der Waals surface area contributed by atoms with Gasteiger partial charge in [-0.25, -0.2) is 4.79 Å². The quantitative estimate of drug-likeness (QED) is 0.614. The van der Waals surface area contributed by atoms with Crippen LogP contribution in [0.1, 0.15) is 25.0 Å². The molecule has 0 fully saturated rings. The van der Waals surface area contributed by atoms with E-state index in [-0.39, 0.29) is 6.61 Å². The van der Waals surface area contributed by atoms with Crippen molar-refractivity contribution in [3.63, 3.8) is 0 Å². The Balaban J connectivity index is 2.31. The van der Waals surface area contributed by atoms with Crippen molar-refractivity contribution in [2.24, 2.45) is 4.99 Å². The molecule has 1 amide bonds. The van der Waals surface area contributed by atoms with E-state index in [2.05, 4.69) is 4.99 Å². The molecule has 2 aromatic carbocycles. The summed E-state index contributed by atoms with van der Waals surface area (Å²) in [4.78, 5) is 31.7. The highest BCUT2D eigenvalue weighted by Crippen LogP contribution is 2.33. The van der Waals surface area contributed by atoms with Crippen LogP contribution in [0, 0.1) is 0 Å². The van der Waals surface area contributed by atoms with Gasteiger partial charge in [-0.1, -0.05) is 41.9 Å². The normalized spacial score (nSPS) is 19.5. The number of esters is 1. The molecule has 0 bridgehead atoms. The van der Waals surface area contributed by atoms with Crippen LogP contribution in [-0.2, 0) is 14.3 Å². The van der Waals surface area contributed by atoms with Gasteiger partial charge in [-0.2, -0.15) is 0 Å². The second-order valence-corrected chi connectivity index (χ2v) is 6.58. The fourth-order valence-electron chi connectivity index (χ4n) is 2.98. The Morgan fingerprint density at radius 2 is 1.92 bits per heavy atom. The molecule has 26 heavy (non-hydrogen) atoms. The van der Waals surface area contributed by atoms with Crippen molar-refractivity contribution in [1.82, 2.24) is 0 Å². The van der Waals surface area contributed by atoms with E-state index in [1.807, 2.05) is 30.3 Å². The number of aliphatic imine (C=N–C) groups is 1. The maximum atomic E-state index is 13.1. The summed E-state index contributed by atoms with van der Waals surface area (Å²) in [6, 6.07) is 14.6. The smallest absolute Gasteiger partial charge is 0.343 e. The second-order valence-electron chi connectivity index (χ2n) is 6.14.